The minimum absolute atomic E-state index is 0.0723. The Kier molecular flexibility index (Phi) is 36.0. The molecule has 0 aromatic heterocycles. The molecule has 0 aliphatic rings. The van der Waals surface area contributed by atoms with Crippen LogP contribution in [-0.2, 0) is 19.1 Å². The Morgan fingerprint density at radius 1 is 0.500 bits per heavy atom. The van der Waals surface area contributed by atoms with Gasteiger partial charge in [0.05, 0.1) is 6.61 Å². The van der Waals surface area contributed by atoms with Crippen LogP contribution in [0, 0.1) is 0 Å². The Bertz CT molecular complexity index is 741. The van der Waals surface area contributed by atoms with Crippen LogP contribution in [0.1, 0.15) is 194 Å². The summed E-state index contributed by atoms with van der Waals surface area (Å²) in [5, 5.41) is 9.54. The van der Waals surface area contributed by atoms with Gasteiger partial charge in [-0.15, -0.1) is 0 Å². The number of rotatable bonds is 35. The lowest BCUT2D eigenvalue weighted by Gasteiger charge is -2.15. The Labute approximate surface area is 285 Å². The summed E-state index contributed by atoms with van der Waals surface area (Å²) in [6, 6.07) is 0. The van der Waals surface area contributed by atoms with E-state index in [1.807, 2.05) is 0 Å². The third-order valence-electron chi connectivity index (χ3n) is 8.41. The van der Waals surface area contributed by atoms with Crippen LogP contribution in [0.25, 0.3) is 0 Å². The molecule has 0 radical (unpaired) electrons. The summed E-state index contributed by atoms with van der Waals surface area (Å²) in [7, 11) is 0. The Balaban J connectivity index is 3.58. The van der Waals surface area contributed by atoms with Crippen molar-refractivity contribution in [1.82, 2.24) is 0 Å². The fraction of sp³-hybridized carbons (Fsp3) is 0.805. The van der Waals surface area contributed by atoms with E-state index in [1.54, 1.807) is 0 Å². The average Bonchev–Trinajstić information content (AvgIpc) is 3.06. The zero-order valence-corrected chi connectivity index (χ0v) is 30.3. The molecule has 0 aromatic carbocycles. The van der Waals surface area contributed by atoms with Crippen molar-refractivity contribution in [1.29, 1.82) is 0 Å². The van der Waals surface area contributed by atoms with Crippen molar-refractivity contribution in [3.05, 3.63) is 36.5 Å². The molecule has 5 heteroatoms. The van der Waals surface area contributed by atoms with Crippen molar-refractivity contribution >= 4 is 11.9 Å². The van der Waals surface area contributed by atoms with Crippen molar-refractivity contribution in [3.63, 3.8) is 0 Å². The maximum absolute atomic E-state index is 12.2. The van der Waals surface area contributed by atoms with Crippen LogP contribution in [0.15, 0.2) is 36.5 Å². The van der Waals surface area contributed by atoms with Crippen molar-refractivity contribution in [3.8, 4) is 0 Å². The van der Waals surface area contributed by atoms with Crippen molar-refractivity contribution in [2.75, 3.05) is 13.2 Å². The van der Waals surface area contributed by atoms with Gasteiger partial charge in [0.2, 0.25) is 0 Å². The summed E-state index contributed by atoms with van der Waals surface area (Å²) >= 11 is 0. The number of aliphatic hydroxyl groups excluding tert-OH is 1. The molecule has 0 aliphatic heterocycles. The molecular weight excluding hydrogens is 572 g/mol. The summed E-state index contributed by atoms with van der Waals surface area (Å²) in [5.41, 5.74) is 0. The fourth-order valence-corrected chi connectivity index (χ4v) is 5.40. The van der Waals surface area contributed by atoms with Gasteiger partial charge in [-0.25, -0.2) is 0 Å². The van der Waals surface area contributed by atoms with E-state index in [0.717, 1.165) is 57.8 Å². The average molecular weight is 647 g/mol. The third kappa shape index (κ3) is 35.0. The predicted molar refractivity (Wildman–Crippen MR) is 196 cm³/mol. The minimum atomic E-state index is -0.776. The molecule has 0 rings (SSSR count). The second kappa shape index (κ2) is 37.6. The minimum Gasteiger partial charge on any atom is -0.462 e. The highest BCUT2D eigenvalue weighted by atomic mass is 16.6. The zero-order valence-electron chi connectivity index (χ0n) is 30.3. The van der Waals surface area contributed by atoms with E-state index in [9.17, 15) is 14.7 Å². The second-order valence-corrected chi connectivity index (χ2v) is 13.0. The largest absolute Gasteiger partial charge is 0.462 e. The Morgan fingerprint density at radius 3 is 1.35 bits per heavy atom. The molecule has 0 heterocycles. The summed E-state index contributed by atoms with van der Waals surface area (Å²) < 4.78 is 10.6. The zero-order chi connectivity index (χ0) is 33.6. The normalized spacial score (nSPS) is 12.5. The lowest BCUT2D eigenvalue weighted by atomic mass is 10.1. The molecule has 268 valence electrons. The Hall–Kier alpha value is -1.88. The van der Waals surface area contributed by atoms with E-state index in [-0.39, 0.29) is 25.2 Å². The van der Waals surface area contributed by atoms with Crippen LogP contribution < -0.4 is 0 Å². The molecule has 0 aliphatic carbocycles. The highest BCUT2D eigenvalue weighted by Gasteiger charge is 2.16. The maximum Gasteiger partial charge on any atom is 0.306 e. The molecule has 0 amide bonds. The molecule has 0 saturated carbocycles. The number of unbranched alkanes of at least 4 members (excludes halogenated alkanes) is 21. The van der Waals surface area contributed by atoms with Gasteiger partial charge < -0.3 is 14.6 Å². The van der Waals surface area contributed by atoms with Gasteiger partial charge in [-0.1, -0.05) is 147 Å². The first-order chi connectivity index (χ1) is 22.6. The summed E-state index contributed by atoms with van der Waals surface area (Å²) in [6.45, 7) is 4.09. The first kappa shape index (κ1) is 44.1. The van der Waals surface area contributed by atoms with Gasteiger partial charge >= 0.3 is 11.9 Å². The molecule has 1 N–H and O–H groups in total. The smallest absolute Gasteiger partial charge is 0.306 e. The first-order valence-corrected chi connectivity index (χ1v) is 19.5. The third-order valence-corrected chi connectivity index (χ3v) is 8.41. The van der Waals surface area contributed by atoms with E-state index in [4.69, 9.17) is 9.47 Å². The molecule has 0 bridgehead atoms. The number of carbonyl (C=O) groups excluding carboxylic acids is 2. The van der Waals surface area contributed by atoms with Gasteiger partial charge in [0, 0.05) is 12.8 Å². The summed E-state index contributed by atoms with van der Waals surface area (Å²) in [4.78, 5) is 24.2. The van der Waals surface area contributed by atoms with Crippen LogP contribution >= 0.6 is 0 Å². The van der Waals surface area contributed by atoms with E-state index < -0.39 is 6.10 Å². The van der Waals surface area contributed by atoms with Crippen molar-refractivity contribution in [2.24, 2.45) is 0 Å². The molecule has 46 heavy (non-hydrogen) atoms. The first-order valence-electron chi connectivity index (χ1n) is 19.5. The topological polar surface area (TPSA) is 72.8 Å². The standard InChI is InChI=1S/C41H74O5/c1-3-5-7-9-11-13-15-17-19-20-22-24-26-28-30-32-34-36-41(44)46-39(37-42)38-45-40(43)35-33-31-29-27-25-23-21-18-16-14-12-10-8-6-4-2/h11,13,17-19,21,39,42H,3-10,12,14-16,20,22-38H2,1-2H3/b13-11-,19-17-,21-18-. The van der Waals surface area contributed by atoms with Crippen LogP contribution in [0.3, 0.4) is 0 Å². The molecule has 1 unspecified atom stereocenters. The van der Waals surface area contributed by atoms with Gasteiger partial charge in [0.15, 0.2) is 6.10 Å². The highest BCUT2D eigenvalue weighted by Crippen LogP contribution is 2.13. The molecule has 5 nitrogen and oxygen atoms in total. The molecule has 0 saturated heterocycles. The number of ether oxygens (including phenoxy) is 2. The monoisotopic (exact) mass is 647 g/mol. The van der Waals surface area contributed by atoms with Crippen LogP contribution in [0.4, 0.5) is 0 Å². The van der Waals surface area contributed by atoms with Crippen LogP contribution in [0.5, 0.6) is 0 Å². The summed E-state index contributed by atoms with van der Waals surface area (Å²) in [5.74, 6) is -0.608. The molecular formula is C41H74O5. The fourth-order valence-electron chi connectivity index (χ4n) is 5.40. The number of esters is 2. The predicted octanol–water partition coefficient (Wildman–Crippen LogP) is 12.1. The van der Waals surface area contributed by atoms with Gasteiger partial charge in [-0.05, 0) is 70.6 Å². The second-order valence-electron chi connectivity index (χ2n) is 13.0. The number of aliphatic hydroxyl groups is 1. The van der Waals surface area contributed by atoms with Gasteiger partial charge in [-0.2, -0.15) is 0 Å². The van der Waals surface area contributed by atoms with Crippen molar-refractivity contribution in [2.45, 2.75) is 200 Å². The van der Waals surface area contributed by atoms with E-state index in [0.29, 0.717) is 12.8 Å². The highest BCUT2D eigenvalue weighted by molar-refractivity contribution is 5.70. The number of hydrogen-bond donors (Lipinski definition) is 1. The Morgan fingerprint density at radius 2 is 0.870 bits per heavy atom. The van der Waals surface area contributed by atoms with Gasteiger partial charge in [0.1, 0.15) is 6.61 Å². The SMILES string of the molecule is CCCCC/C=C\C/C=C\CCCCCCCCCC(=O)OC(CO)COC(=O)CCCCCCC/C=C\CCCCCCCC. The van der Waals surface area contributed by atoms with Crippen LogP contribution in [-0.4, -0.2) is 36.4 Å². The molecule has 0 fully saturated rings. The van der Waals surface area contributed by atoms with E-state index in [1.165, 1.54) is 109 Å². The maximum atomic E-state index is 12.2. The lowest BCUT2D eigenvalue weighted by molar-refractivity contribution is -0.161. The number of hydrogen-bond acceptors (Lipinski definition) is 5. The quantitative estimate of drug-likeness (QED) is 0.0421. The molecule has 0 aromatic rings. The summed E-state index contributed by atoms with van der Waals surface area (Å²) in [6.07, 6.45) is 44.8. The van der Waals surface area contributed by atoms with Crippen LogP contribution in [0.2, 0.25) is 0 Å². The van der Waals surface area contributed by atoms with Gasteiger partial charge in [0.25, 0.3) is 0 Å². The van der Waals surface area contributed by atoms with E-state index in [2.05, 4.69) is 50.3 Å². The number of carbonyl (C=O) groups is 2. The molecule has 0 spiro atoms. The van der Waals surface area contributed by atoms with Crippen molar-refractivity contribution < 1.29 is 24.2 Å². The van der Waals surface area contributed by atoms with E-state index >= 15 is 0 Å². The molecule has 1 atom stereocenters. The lowest BCUT2D eigenvalue weighted by Crippen LogP contribution is -2.28. The van der Waals surface area contributed by atoms with Gasteiger partial charge in [-0.3, -0.25) is 9.59 Å². The number of allylic oxidation sites excluding steroid dienone is 6.